The van der Waals surface area contributed by atoms with Crippen LogP contribution in [-0.4, -0.2) is 56.0 Å². The number of nitrogens with zero attached hydrogens (tertiary/aromatic N) is 3. The van der Waals surface area contributed by atoms with E-state index in [0.29, 0.717) is 5.41 Å². The van der Waals surface area contributed by atoms with E-state index < -0.39 is 0 Å². The molecule has 1 fully saturated rings. The van der Waals surface area contributed by atoms with Gasteiger partial charge in [-0.05, 0) is 24.3 Å². The maximum atomic E-state index is 5.43. The van der Waals surface area contributed by atoms with Crippen LogP contribution in [0.4, 0.5) is 0 Å². The molecular formula is C14H25N3O. The van der Waals surface area contributed by atoms with Crippen LogP contribution in [0.3, 0.4) is 0 Å². The van der Waals surface area contributed by atoms with Gasteiger partial charge in [0, 0.05) is 32.9 Å². The maximum Gasteiger partial charge on any atom is 0.0642 e. The summed E-state index contributed by atoms with van der Waals surface area (Å²) in [5, 5.41) is 6.49. The normalized spacial score (nSPS) is 26.1. The molecule has 0 bridgehead atoms. The minimum Gasteiger partial charge on any atom is -0.378 e. The van der Waals surface area contributed by atoms with Gasteiger partial charge in [-0.2, -0.15) is 5.10 Å². The summed E-state index contributed by atoms with van der Waals surface area (Å²) < 4.78 is 5.43. The van der Waals surface area contributed by atoms with Crippen molar-refractivity contribution in [3.63, 3.8) is 0 Å². The van der Waals surface area contributed by atoms with Gasteiger partial charge in [-0.25, -0.2) is 0 Å². The second-order valence-corrected chi connectivity index (χ2v) is 6.19. The second kappa shape index (κ2) is 5.31. The molecule has 0 radical (unpaired) electrons. The SMILES string of the molecule is CN(C)/N=C1\C=C(N2CCOCC2)CC(C)(C)C1. The third kappa shape index (κ3) is 3.48. The van der Waals surface area contributed by atoms with Crippen LogP contribution in [0.15, 0.2) is 16.9 Å². The Balaban J connectivity index is 2.18. The molecule has 0 aromatic carbocycles. The summed E-state index contributed by atoms with van der Waals surface area (Å²) >= 11 is 0. The molecule has 0 aromatic rings. The van der Waals surface area contributed by atoms with Crippen LogP contribution < -0.4 is 0 Å². The zero-order valence-corrected chi connectivity index (χ0v) is 12.1. The predicted octanol–water partition coefficient (Wildman–Crippen LogP) is 1.94. The summed E-state index contributed by atoms with van der Waals surface area (Å²) in [5.41, 5.74) is 2.92. The number of hydrogen-bond donors (Lipinski definition) is 0. The monoisotopic (exact) mass is 251 g/mol. The van der Waals surface area contributed by atoms with Gasteiger partial charge in [0.15, 0.2) is 0 Å². The Labute approximate surface area is 110 Å². The van der Waals surface area contributed by atoms with Crippen molar-refractivity contribution < 1.29 is 4.74 Å². The van der Waals surface area contributed by atoms with Gasteiger partial charge >= 0.3 is 0 Å². The van der Waals surface area contributed by atoms with Crippen LogP contribution in [0.2, 0.25) is 0 Å². The molecule has 1 saturated heterocycles. The molecule has 4 nitrogen and oxygen atoms in total. The summed E-state index contributed by atoms with van der Waals surface area (Å²) in [7, 11) is 3.97. The molecule has 0 amide bonds. The molecule has 4 heteroatoms. The van der Waals surface area contributed by atoms with Crippen molar-refractivity contribution in [2.45, 2.75) is 26.7 Å². The Morgan fingerprint density at radius 1 is 1.22 bits per heavy atom. The number of rotatable bonds is 2. The maximum absolute atomic E-state index is 5.43. The van der Waals surface area contributed by atoms with E-state index in [1.54, 1.807) is 0 Å². The van der Waals surface area contributed by atoms with E-state index in [2.05, 4.69) is 29.9 Å². The van der Waals surface area contributed by atoms with E-state index >= 15 is 0 Å². The van der Waals surface area contributed by atoms with E-state index in [9.17, 15) is 0 Å². The van der Waals surface area contributed by atoms with Gasteiger partial charge in [0.25, 0.3) is 0 Å². The van der Waals surface area contributed by atoms with Crippen LogP contribution in [0.5, 0.6) is 0 Å². The average Bonchev–Trinajstić information content (AvgIpc) is 2.27. The van der Waals surface area contributed by atoms with Gasteiger partial charge in [0.2, 0.25) is 0 Å². The average molecular weight is 251 g/mol. The largest absolute Gasteiger partial charge is 0.378 e. The van der Waals surface area contributed by atoms with Crippen LogP contribution in [0.1, 0.15) is 26.7 Å². The van der Waals surface area contributed by atoms with Crippen molar-refractivity contribution in [1.82, 2.24) is 9.91 Å². The van der Waals surface area contributed by atoms with E-state index in [4.69, 9.17) is 4.74 Å². The summed E-state index contributed by atoms with van der Waals surface area (Å²) in [6.07, 6.45) is 4.47. The third-order valence-electron chi connectivity index (χ3n) is 3.40. The van der Waals surface area contributed by atoms with Crippen LogP contribution >= 0.6 is 0 Å². The molecule has 1 aliphatic carbocycles. The van der Waals surface area contributed by atoms with Crippen molar-refractivity contribution in [2.24, 2.45) is 10.5 Å². The molecule has 0 unspecified atom stereocenters. The van der Waals surface area contributed by atoms with Crippen molar-refractivity contribution in [3.8, 4) is 0 Å². The number of ether oxygens (including phenoxy) is 1. The van der Waals surface area contributed by atoms with Crippen molar-refractivity contribution in [2.75, 3.05) is 40.4 Å². The van der Waals surface area contributed by atoms with Gasteiger partial charge in [-0.3, -0.25) is 0 Å². The minimum atomic E-state index is 0.303. The van der Waals surface area contributed by atoms with E-state index in [0.717, 1.165) is 39.1 Å². The lowest BCUT2D eigenvalue weighted by atomic mass is 9.78. The Kier molecular flexibility index (Phi) is 3.95. The lowest BCUT2D eigenvalue weighted by molar-refractivity contribution is 0.0491. The first-order chi connectivity index (χ1) is 8.46. The zero-order valence-electron chi connectivity index (χ0n) is 12.1. The van der Waals surface area contributed by atoms with Crippen molar-refractivity contribution in [1.29, 1.82) is 0 Å². The molecule has 1 heterocycles. The molecule has 18 heavy (non-hydrogen) atoms. The highest BCUT2D eigenvalue weighted by molar-refractivity contribution is 5.96. The summed E-state index contributed by atoms with van der Waals surface area (Å²) in [6, 6.07) is 0. The van der Waals surface area contributed by atoms with Crippen LogP contribution in [0, 0.1) is 5.41 Å². The summed E-state index contributed by atoms with van der Waals surface area (Å²) in [6.45, 7) is 8.36. The highest BCUT2D eigenvalue weighted by atomic mass is 16.5. The molecule has 0 spiro atoms. The number of hydrazone groups is 1. The molecule has 0 atom stereocenters. The quantitative estimate of drug-likeness (QED) is 0.702. The van der Waals surface area contributed by atoms with Gasteiger partial charge < -0.3 is 14.6 Å². The second-order valence-electron chi connectivity index (χ2n) is 6.19. The first-order valence-electron chi connectivity index (χ1n) is 6.74. The summed E-state index contributed by atoms with van der Waals surface area (Å²) in [5.74, 6) is 0. The molecule has 0 saturated carbocycles. The Bertz CT molecular complexity index is 352. The smallest absolute Gasteiger partial charge is 0.0642 e. The minimum absolute atomic E-state index is 0.303. The van der Waals surface area contributed by atoms with Crippen LogP contribution in [-0.2, 0) is 4.74 Å². The Morgan fingerprint density at radius 2 is 1.89 bits per heavy atom. The molecule has 2 aliphatic rings. The fraction of sp³-hybridized carbons (Fsp3) is 0.786. The molecule has 0 N–H and O–H groups in total. The topological polar surface area (TPSA) is 28.1 Å². The predicted molar refractivity (Wildman–Crippen MR) is 74.6 cm³/mol. The fourth-order valence-electron chi connectivity index (χ4n) is 2.71. The van der Waals surface area contributed by atoms with E-state index in [-0.39, 0.29) is 0 Å². The Morgan fingerprint density at radius 3 is 2.50 bits per heavy atom. The molecule has 1 aliphatic heterocycles. The molecule has 0 aromatic heterocycles. The highest BCUT2D eigenvalue weighted by Crippen LogP contribution is 2.35. The molecular weight excluding hydrogens is 226 g/mol. The fourth-order valence-corrected chi connectivity index (χ4v) is 2.71. The first kappa shape index (κ1) is 13.4. The van der Waals surface area contributed by atoms with Gasteiger partial charge in [-0.15, -0.1) is 0 Å². The van der Waals surface area contributed by atoms with Crippen molar-refractivity contribution >= 4 is 5.71 Å². The van der Waals surface area contributed by atoms with Gasteiger partial charge in [-0.1, -0.05) is 13.8 Å². The third-order valence-corrected chi connectivity index (χ3v) is 3.40. The number of allylic oxidation sites excluding steroid dienone is 2. The van der Waals surface area contributed by atoms with E-state index in [1.165, 1.54) is 11.4 Å². The highest BCUT2D eigenvalue weighted by Gasteiger charge is 2.29. The van der Waals surface area contributed by atoms with Crippen molar-refractivity contribution in [3.05, 3.63) is 11.8 Å². The zero-order chi connectivity index (χ0) is 13.2. The van der Waals surface area contributed by atoms with E-state index in [1.807, 2.05) is 19.1 Å². The lowest BCUT2D eigenvalue weighted by Gasteiger charge is -2.38. The van der Waals surface area contributed by atoms with Gasteiger partial charge in [0.05, 0.1) is 18.9 Å². The lowest BCUT2D eigenvalue weighted by Crippen LogP contribution is -2.39. The standard InChI is InChI=1S/C14H25N3O/c1-14(2)10-12(15-16(3)4)9-13(11-14)17-5-7-18-8-6-17/h9H,5-8,10-11H2,1-4H3/b15-12+. The Hall–Kier alpha value is -1.03. The molecule has 2 rings (SSSR count). The van der Waals surface area contributed by atoms with Crippen LogP contribution in [0.25, 0.3) is 0 Å². The first-order valence-corrected chi connectivity index (χ1v) is 6.74. The number of hydrogen-bond acceptors (Lipinski definition) is 4. The summed E-state index contributed by atoms with van der Waals surface area (Å²) in [4.78, 5) is 2.45. The molecule has 102 valence electrons. The van der Waals surface area contributed by atoms with Gasteiger partial charge in [0.1, 0.15) is 0 Å². The number of morpholine rings is 1.